The minimum Gasteiger partial charge on any atom is -0.396 e. The first kappa shape index (κ1) is 27.9. The molecule has 4 rings (SSSR count). The van der Waals surface area contributed by atoms with E-state index in [2.05, 4.69) is 29.4 Å². The summed E-state index contributed by atoms with van der Waals surface area (Å²) in [5.74, 6) is 0.373. The third kappa shape index (κ3) is 7.27. The molecule has 0 spiro atoms. The number of benzene rings is 1. The number of hydrogen-bond donors (Lipinski definition) is 1. The van der Waals surface area contributed by atoms with Crippen LogP contribution in [-0.2, 0) is 28.9 Å². The zero-order valence-corrected chi connectivity index (χ0v) is 23.6. The topological polar surface area (TPSA) is 80.5 Å². The minimum absolute atomic E-state index is 0.00482. The van der Waals surface area contributed by atoms with Gasteiger partial charge in [-0.15, -0.1) is 5.10 Å². The smallest absolute Gasteiger partial charge is 0.246 e. The zero-order valence-electron chi connectivity index (χ0n) is 22.6. The van der Waals surface area contributed by atoms with Crippen LogP contribution in [0.4, 0.5) is 9.80 Å². The summed E-state index contributed by atoms with van der Waals surface area (Å²) in [6.45, 7) is 7.20. The van der Waals surface area contributed by atoms with E-state index < -0.39 is 8.41 Å². The second-order valence-electron chi connectivity index (χ2n) is 11.3. The van der Waals surface area contributed by atoms with Gasteiger partial charge in [-0.1, -0.05) is 37.1 Å². The first-order valence-electron chi connectivity index (χ1n) is 14.0. The molecule has 0 unspecified atom stereocenters. The minimum atomic E-state index is -2.94. The van der Waals surface area contributed by atoms with Crippen molar-refractivity contribution < 1.29 is 18.7 Å². The Morgan fingerprint density at radius 1 is 1.14 bits per heavy atom. The third-order valence-corrected chi connectivity index (χ3v) is 10.5. The van der Waals surface area contributed by atoms with Crippen LogP contribution in [0.1, 0.15) is 63.1 Å². The summed E-state index contributed by atoms with van der Waals surface area (Å²) < 4.78 is 23.8. The molecule has 1 N–H and O–H groups in total. The van der Waals surface area contributed by atoms with Crippen LogP contribution in [0.5, 0.6) is 0 Å². The average Bonchev–Trinajstić information content (AvgIpc) is 3.42. The van der Waals surface area contributed by atoms with Crippen molar-refractivity contribution in [2.24, 2.45) is 5.92 Å². The van der Waals surface area contributed by atoms with Crippen LogP contribution in [0.25, 0.3) is 0 Å². The number of aliphatic hydroxyl groups excluding tert-OH is 1. The number of carbonyl (C=O) groups excluding carboxylic acids is 1. The van der Waals surface area contributed by atoms with E-state index in [0.29, 0.717) is 25.8 Å². The van der Waals surface area contributed by atoms with Crippen molar-refractivity contribution in [2.45, 2.75) is 102 Å². The number of ether oxygens (including phenoxy) is 1. The maximum atomic E-state index is 15.5. The fraction of sp³-hybridized carbons (Fsp3) is 0.679. The molecule has 1 aromatic heterocycles. The van der Waals surface area contributed by atoms with Crippen molar-refractivity contribution in [3.8, 4) is 0 Å². The highest BCUT2D eigenvalue weighted by atomic mass is 28.4. The molecule has 1 amide bonds. The number of halogens is 1. The zero-order chi connectivity index (χ0) is 26.4. The van der Waals surface area contributed by atoms with Gasteiger partial charge in [0.1, 0.15) is 0 Å². The highest BCUT2D eigenvalue weighted by molar-refractivity contribution is 6.72. The van der Waals surface area contributed by atoms with Crippen LogP contribution >= 0.6 is 0 Å². The molecule has 0 aliphatic carbocycles. The van der Waals surface area contributed by atoms with Gasteiger partial charge in [-0.2, -0.15) is 0 Å². The predicted octanol–water partition coefficient (Wildman–Crippen LogP) is 5.08. The Kier molecular flexibility index (Phi) is 9.53. The first-order valence-corrected chi connectivity index (χ1v) is 17.0. The first-order chi connectivity index (χ1) is 17.8. The van der Waals surface area contributed by atoms with Crippen LogP contribution < -0.4 is 4.90 Å². The standard InChI is InChI=1S/C28H43FN4O3Si/c1-21-25(13-12-22-9-8-10-24(19-22)33-16-7-5-4-6-11-27(33)35)36-26(28(21)37(2,3)29)14-17-32-20-23(15-18-34)30-31-32/h8-10,19-21,25-26,28,34H,4-7,11-18H2,1-3H3/t21-,25+,26-,28+/m0/s1. The molecule has 2 saturated heterocycles. The largest absolute Gasteiger partial charge is 0.396 e. The van der Waals surface area contributed by atoms with E-state index >= 15 is 4.11 Å². The second kappa shape index (κ2) is 12.6. The van der Waals surface area contributed by atoms with Gasteiger partial charge in [-0.05, 0) is 68.8 Å². The van der Waals surface area contributed by atoms with E-state index in [0.717, 1.165) is 50.0 Å². The summed E-state index contributed by atoms with van der Waals surface area (Å²) in [5, 5.41) is 17.3. The van der Waals surface area contributed by atoms with Gasteiger partial charge in [0.2, 0.25) is 14.3 Å². The number of anilines is 1. The molecule has 9 heteroatoms. The lowest BCUT2D eigenvalue weighted by molar-refractivity contribution is -0.118. The SMILES string of the molecule is C[C@@H]1[C@@H]([Si](C)(C)F)[C@H](CCn2cc(CCO)nn2)O[C@@H]1CCc1cccc(N2CCCCCCC2=O)c1. The van der Waals surface area contributed by atoms with Crippen LogP contribution in [0.3, 0.4) is 0 Å². The van der Waals surface area contributed by atoms with Crippen molar-refractivity contribution in [3.63, 3.8) is 0 Å². The molecule has 2 aromatic rings. The van der Waals surface area contributed by atoms with Crippen molar-refractivity contribution in [3.05, 3.63) is 41.7 Å². The van der Waals surface area contributed by atoms with Crippen LogP contribution in [-0.4, -0.2) is 59.8 Å². The van der Waals surface area contributed by atoms with Gasteiger partial charge in [-0.25, -0.2) is 0 Å². The summed E-state index contributed by atoms with van der Waals surface area (Å²) in [4.78, 5) is 14.7. The van der Waals surface area contributed by atoms with Gasteiger partial charge in [0.25, 0.3) is 0 Å². The molecule has 2 fully saturated rings. The predicted molar refractivity (Wildman–Crippen MR) is 146 cm³/mol. The molecule has 2 aliphatic heterocycles. The number of rotatable bonds is 10. The Balaban J connectivity index is 1.39. The summed E-state index contributed by atoms with van der Waals surface area (Å²) in [6, 6.07) is 8.35. The molecular weight excluding hydrogens is 487 g/mol. The van der Waals surface area contributed by atoms with Crippen molar-refractivity contribution in [2.75, 3.05) is 18.1 Å². The highest BCUT2D eigenvalue weighted by Crippen LogP contribution is 2.47. The average molecular weight is 531 g/mol. The molecule has 1 aromatic carbocycles. The molecule has 0 radical (unpaired) electrons. The van der Waals surface area contributed by atoms with Crippen molar-refractivity contribution in [1.29, 1.82) is 0 Å². The Labute approximate surface area is 221 Å². The Morgan fingerprint density at radius 3 is 2.73 bits per heavy atom. The lowest BCUT2D eigenvalue weighted by atomic mass is 9.95. The number of nitrogens with zero attached hydrogens (tertiary/aromatic N) is 4. The summed E-state index contributed by atoms with van der Waals surface area (Å²) >= 11 is 0. The van der Waals surface area contributed by atoms with Crippen molar-refractivity contribution in [1.82, 2.24) is 15.0 Å². The Hall–Kier alpha value is -2.10. The maximum Gasteiger partial charge on any atom is 0.246 e. The third-order valence-electron chi connectivity index (χ3n) is 8.06. The number of amides is 1. The summed E-state index contributed by atoms with van der Waals surface area (Å²) in [7, 11) is -2.94. The number of aromatic nitrogens is 3. The molecule has 0 saturated carbocycles. The van der Waals surface area contributed by atoms with Gasteiger partial charge in [0.05, 0.1) is 17.9 Å². The molecule has 0 bridgehead atoms. The van der Waals surface area contributed by atoms with Gasteiger partial charge in [0.15, 0.2) is 0 Å². The Morgan fingerprint density at radius 2 is 1.95 bits per heavy atom. The number of carbonyl (C=O) groups is 1. The lowest BCUT2D eigenvalue weighted by Crippen LogP contribution is -2.36. The maximum absolute atomic E-state index is 15.5. The summed E-state index contributed by atoms with van der Waals surface area (Å²) in [6.07, 6.45) is 9.54. The fourth-order valence-electron chi connectivity index (χ4n) is 6.21. The molecule has 204 valence electrons. The van der Waals surface area contributed by atoms with Crippen LogP contribution in [0.15, 0.2) is 30.5 Å². The van der Waals surface area contributed by atoms with E-state index in [1.165, 1.54) is 12.0 Å². The fourth-order valence-corrected chi connectivity index (χ4v) is 8.80. The molecular formula is C28H43FN4O3Si. The highest BCUT2D eigenvalue weighted by Gasteiger charge is 2.50. The number of aryl methyl sites for hydroxylation is 2. The number of aliphatic hydroxyl groups is 1. The van der Waals surface area contributed by atoms with E-state index in [4.69, 9.17) is 9.84 Å². The number of hydrogen-bond acceptors (Lipinski definition) is 5. The Bertz CT molecular complexity index is 1030. The second-order valence-corrected chi connectivity index (χ2v) is 15.1. The van der Waals surface area contributed by atoms with E-state index in [1.807, 2.05) is 23.2 Å². The van der Waals surface area contributed by atoms with Gasteiger partial charge < -0.3 is 18.9 Å². The molecule has 4 atom stereocenters. The lowest BCUT2D eigenvalue weighted by Gasteiger charge is -2.28. The van der Waals surface area contributed by atoms with E-state index in [9.17, 15) is 4.79 Å². The van der Waals surface area contributed by atoms with Gasteiger partial charge in [-0.3, -0.25) is 9.48 Å². The quantitative estimate of drug-likeness (QED) is 0.342. The van der Waals surface area contributed by atoms with E-state index in [1.54, 1.807) is 17.8 Å². The van der Waals surface area contributed by atoms with E-state index in [-0.39, 0.29) is 36.2 Å². The van der Waals surface area contributed by atoms with Crippen LogP contribution in [0.2, 0.25) is 18.6 Å². The van der Waals surface area contributed by atoms with Crippen LogP contribution in [0, 0.1) is 5.92 Å². The molecule has 3 heterocycles. The molecule has 2 aliphatic rings. The monoisotopic (exact) mass is 530 g/mol. The van der Waals surface area contributed by atoms with Crippen molar-refractivity contribution >= 4 is 20.0 Å². The van der Waals surface area contributed by atoms with Gasteiger partial charge >= 0.3 is 0 Å². The summed E-state index contributed by atoms with van der Waals surface area (Å²) in [5.41, 5.74) is 2.88. The normalized spacial score (nSPS) is 25.3. The van der Waals surface area contributed by atoms with Gasteiger partial charge in [0, 0.05) is 50.0 Å². The molecule has 37 heavy (non-hydrogen) atoms. The molecule has 7 nitrogen and oxygen atoms in total.